The molecule has 0 aliphatic carbocycles. The number of nitrogens with one attached hydrogen (secondary N) is 2. The van der Waals surface area contributed by atoms with E-state index < -0.39 is 10.0 Å². The van der Waals surface area contributed by atoms with Crippen molar-refractivity contribution in [2.24, 2.45) is 5.92 Å². The van der Waals surface area contributed by atoms with Gasteiger partial charge in [-0.15, -0.1) is 0 Å². The van der Waals surface area contributed by atoms with Crippen LogP contribution in [0.25, 0.3) is 0 Å². The Bertz CT molecular complexity index is 269. The molecular formula is C10H22N2O2S. The fraction of sp³-hybridized carbons (Fsp3) is 1.00. The lowest BCUT2D eigenvalue weighted by Gasteiger charge is -2.22. The van der Waals surface area contributed by atoms with Gasteiger partial charge in [-0.05, 0) is 52.1 Å². The van der Waals surface area contributed by atoms with Gasteiger partial charge in [0.05, 0.1) is 5.75 Å². The molecular weight excluding hydrogens is 212 g/mol. The van der Waals surface area contributed by atoms with Gasteiger partial charge in [0.25, 0.3) is 0 Å². The molecule has 5 heteroatoms. The SMILES string of the molecule is CC(C)NS(=O)(=O)CCC1CCNCC1. The largest absolute Gasteiger partial charge is 0.317 e. The summed E-state index contributed by atoms with van der Waals surface area (Å²) in [5, 5.41) is 3.28. The number of hydrogen-bond acceptors (Lipinski definition) is 3. The molecule has 0 aromatic rings. The Balaban J connectivity index is 2.28. The topological polar surface area (TPSA) is 58.2 Å². The summed E-state index contributed by atoms with van der Waals surface area (Å²) in [5.41, 5.74) is 0. The van der Waals surface area contributed by atoms with Crippen LogP contribution in [0.5, 0.6) is 0 Å². The Hall–Kier alpha value is -0.130. The van der Waals surface area contributed by atoms with Crippen LogP contribution in [0.4, 0.5) is 0 Å². The van der Waals surface area contributed by atoms with Crippen molar-refractivity contribution in [3.63, 3.8) is 0 Å². The summed E-state index contributed by atoms with van der Waals surface area (Å²) in [6, 6.07) is 0.00280. The summed E-state index contributed by atoms with van der Waals surface area (Å²) in [5.74, 6) is 0.852. The lowest BCUT2D eigenvalue weighted by molar-refractivity contribution is 0.365. The third-order valence-corrected chi connectivity index (χ3v) is 4.27. The monoisotopic (exact) mass is 234 g/mol. The summed E-state index contributed by atoms with van der Waals surface area (Å²) in [6.45, 7) is 5.76. The number of hydrogen-bond donors (Lipinski definition) is 2. The van der Waals surface area contributed by atoms with Crippen LogP contribution >= 0.6 is 0 Å². The van der Waals surface area contributed by atoms with Gasteiger partial charge in [0.15, 0.2) is 0 Å². The number of sulfonamides is 1. The molecule has 1 heterocycles. The minimum absolute atomic E-state index is 0.00280. The molecule has 0 amide bonds. The first kappa shape index (κ1) is 12.9. The molecule has 1 rings (SSSR count). The van der Waals surface area contributed by atoms with E-state index in [1.807, 2.05) is 13.8 Å². The normalized spacial score (nSPS) is 19.7. The van der Waals surface area contributed by atoms with Crippen LogP contribution in [0, 0.1) is 5.92 Å². The van der Waals surface area contributed by atoms with E-state index in [1.54, 1.807) is 0 Å². The van der Waals surface area contributed by atoms with E-state index in [-0.39, 0.29) is 11.8 Å². The second kappa shape index (κ2) is 5.82. The average Bonchev–Trinajstić information content (AvgIpc) is 2.15. The average molecular weight is 234 g/mol. The van der Waals surface area contributed by atoms with Crippen molar-refractivity contribution in [2.75, 3.05) is 18.8 Å². The van der Waals surface area contributed by atoms with Crippen LogP contribution in [-0.2, 0) is 10.0 Å². The van der Waals surface area contributed by atoms with Gasteiger partial charge in [-0.3, -0.25) is 0 Å². The van der Waals surface area contributed by atoms with E-state index in [4.69, 9.17) is 0 Å². The summed E-state index contributed by atoms with van der Waals surface area (Å²) in [6.07, 6.45) is 3.01. The minimum atomic E-state index is -3.05. The first-order chi connectivity index (χ1) is 6.99. The highest BCUT2D eigenvalue weighted by atomic mass is 32.2. The Morgan fingerprint density at radius 1 is 1.33 bits per heavy atom. The van der Waals surface area contributed by atoms with Crippen LogP contribution < -0.4 is 10.0 Å². The van der Waals surface area contributed by atoms with E-state index in [0.29, 0.717) is 5.92 Å². The van der Waals surface area contributed by atoms with E-state index in [1.165, 1.54) is 0 Å². The maximum Gasteiger partial charge on any atom is 0.211 e. The Morgan fingerprint density at radius 3 is 2.47 bits per heavy atom. The second-order valence-electron chi connectivity index (χ2n) is 4.57. The van der Waals surface area contributed by atoms with Gasteiger partial charge >= 0.3 is 0 Å². The predicted octanol–water partition coefficient (Wildman–Crippen LogP) is 0.704. The highest BCUT2D eigenvalue weighted by Crippen LogP contribution is 2.16. The molecule has 0 spiro atoms. The zero-order valence-corrected chi connectivity index (χ0v) is 10.4. The van der Waals surface area contributed by atoms with E-state index in [0.717, 1.165) is 32.4 Å². The predicted molar refractivity (Wildman–Crippen MR) is 62.3 cm³/mol. The van der Waals surface area contributed by atoms with Gasteiger partial charge in [0, 0.05) is 6.04 Å². The Morgan fingerprint density at radius 2 is 1.93 bits per heavy atom. The highest BCUT2D eigenvalue weighted by Gasteiger charge is 2.17. The maximum absolute atomic E-state index is 11.6. The molecule has 2 N–H and O–H groups in total. The summed E-state index contributed by atoms with van der Waals surface area (Å²) >= 11 is 0. The Labute approximate surface area is 92.9 Å². The third-order valence-electron chi connectivity index (χ3n) is 2.67. The summed E-state index contributed by atoms with van der Waals surface area (Å²) in [7, 11) is -3.05. The molecule has 0 unspecified atom stereocenters. The quantitative estimate of drug-likeness (QED) is 0.736. The lowest BCUT2D eigenvalue weighted by atomic mass is 9.96. The van der Waals surface area contributed by atoms with Crippen LogP contribution in [-0.4, -0.2) is 33.3 Å². The molecule has 15 heavy (non-hydrogen) atoms. The van der Waals surface area contributed by atoms with E-state index >= 15 is 0 Å². The van der Waals surface area contributed by atoms with E-state index in [9.17, 15) is 8.42 Å². The molecule has 0 radical (unpaired) electrons. The number of piperidine rings is 1. The molecule has 0 atom stereocenters. The molecule has 4 nitrogen and oxygen atoms in total. The molecule has 0 aromatic heterocycles. The van der Waals surface area contributed by atoms with Crippen molar-refractivity contribution in [3.05, 3.63) is 0 Å². The summed E-state index contributed by atoms with van der Waals surface area (Å²) < 4.78 is 25.7. The van der Waals surface area contributed by atoms with Crippen LogP contribution in [0.2, 0.25) is 0 Å². The summed E-state index contributed by atoms with van der Waals surface area (Å²) in [4.78, 5) is 0. The molecule has 1 fully saturated rings. The van der Waals surface area contributed by atoms with Crippen LogP contribution in [0.3, 0.4) is 0 Å². The molecule has 0 saturated carbocycles. The van der Waals surface area contributed by atoms with Gasteiger partial charge in [0.1, 0.15) is 0 Å². The smallest absolute Gasteiger partial charge is 0.211 e. The standard InChI is InChI=1S/C10H22N2O2S/c1-9(2)12-15(13,14)8-5-10-3-6-11-7-4-10/h9-12H,3-8H2,1-2H3. The first-order valence-corrected chi connectivity index (χ1v) is 7.35. The minimum Gasteiger partial charge on any atom is -0.317 e. The molecule has 1 saturated heterocycles. The zero-order valence-electron chi connectivity index (χ0n) is 9.62. The molecule has 90 valence electrons. The van der Waals surface area contributed by atoms with Crippen molar-refractivity contribution in [3.8, 4) is 0 Å². The van der Waals surface area contributed by atoms with Crippen molar-refractivity contribution in [2.45, 2.75) is 39.2 Å². The van der Waals surface area contributed by atoms with Gasteiger partial charge in [-0.1, -0.05) is 0 Å². The van der Waals surface area contributed by atoms with Crippen molar-refractivity contribution >= 4 is 10.0 Å². The van der Waals surface area contributed by atoms with Crippen molar-refractivity contribution in [1.82, 2.24) is 10.0 Å². The van der Waals surface area contributed by atoms with Gasteiger partial charge < -0.3 is 5.32 Å². The van der Waals surface area contributed by atoms with Crippen LogP contribution in [0.15, 0.2) is 0 Å². The number of rotatable bonds is 5. The van der Waals surface area contributed by atoms with Crippen molar-refractivity contribution < 1.29 is 8.42 Å². The molecule has 1 aliphatic rings. The highest BCUT2D eigenvalue weighted by molar-refractivity contribution is 7.89. The lowest BCUT2D eigenvalue weighted by Crippen LogP contribution is -2.34. The second-order valence-corrected chi connectivity index (χ2v) is 6.45. The van der Waals surface area contributed by atoms with E-state index in [2.05, 4.69) is 10.0 Å². The maximum atomic E-state index is 11.6. The van der Waals surface area contributed by atoms with Crippen molar-refractivity contribution in [1.29, 1.82) is 0 Å². The molecule has 1 aliphatic heterocycles. The van der Waals surface area contributed by atoms with Crippen LogP contribution in [0.1, 0.15) is 33.1 Å². The molecule has 0 aromatic carbocycles. The third kappa shape index (κ3) is 5.49. The zero-order chi connectivity index (χ0) is 11.3. The fourth-order valence-electron chi connectivity index (χ4n) is 1.91. The van der Waals surface area contributed by atoms with Gasteiger partial charge in [-0.25, -0.2) is 13.1 Å². The molecule has 0 bridgehead atoms. The Kier molecular flexibility index (Phi) is 5.02. The fourth-order valence-corrected chi connectivity index (χ4v) is 3.39. The van der Waals surface area contributed by atoms with Gasteiger partial charge in [-0.2, -0.15) is 0 Å². The first-order valence-electron chi connectivity index (χ1n) is 5.70. The van der Waals surface area contributed by atoms with Gasteiger partial charge in [0.2, 0.25) is 10.0 Å².